The van der Waals surface area contributed by atoms with Gasteiger partial charge in [0.05, 0.1) is 11.5 Å². The van der Waals surface area contributed by atoms with Crippen LogP contribution in [0.4, 0.5) is 13.2 Å². The van der Waals surface area contributed by atoms with Crippen molar-refractivity contribution in [2.24, 2.45) is 5.92 Å². The molecule has 0 radical (unpaired) electrons. The Balaban J connectivity index is 1.64. The zero-order valence-electron chi connectivity index (χ0n) is 13.9. The third kappa shape index (κ3) is 4.14. The molecule has 2 saturated heterocycles. The first-order chi connectivity index (χ1) is 11.8. The predicted molar refractivity (Wildman–Crippen MR) is 85.4 cm³/mol. The Labute approximate surface area is 144 Å². The number of carbonyl (C=O) groups is 2. The summed E-state index contributed by atoms with van der Waals surface area (Å²) in [6.07, 6.45) is -1.16. The smallest absolute Gasteiger partial charge is 0.342 e. The average molecular weight is 354 g/mol. The minimum Gasteiger partial charge on any atom is -0.342 e. The van der Waals surface area contributed by atoms with Gasteiger partial charge < -0.3 is 9.80 Å². The first kappa shape index (κ1) is 17.8. The highest BCUT2D eigenvalue weighted by Crippen LogP contribution is 2.30. The maximum Gasteiger partial charge on any atom is 0.416 e. The zero-order chi connectivity index (χ0) is 18.0. The van der Waals surface area contributed by atoms with E-state index in [1.54, 1.807) is 6.07 Å². The number of benzene rings is 1. The number of rotatable bonds is 3. The lowest BCUT2D eigenvalue weighted by Crippen LogP contribution is -2.40. The lowest BCUT2D eigenvalue weighted by Gasteiger charge is -2.29. The highest BCUT2D eigenvalue weighted by Gasteiger charge is 2.37. The van der Waals surface area contributed by atoms with Crippen molar-refractivity contribution in [1.29, 1.82) is 0 Å². The van der Waals surface area contributed by atoms with Crippen LogP contribution >= 0.6 is 0 Å². The van der Waals surface area contributed by atoms with Crippen molar-refractivity contribution >= 4 is 11.8 Å². The van der Waals surface area contributed by atoms with Gasteiger partial charge in [0.1, 0.15) is 0 Å². The highest BCUT2D eigenvalue weighted by molar-refractivity contribution is 5.89. The normalized spacial score (nSPS) is 21.7. The van der Waals surface area contributed by atoms with Crippen LogP contribution in [0.2, 0.25) is 0 Å². The molecule has 7 heteroatoms. The van der Waals surface area contributed by atoms with E-state index < -0.39 is 11.7 Å². The molecule has 2 fully saturated rings. The molecule has 0 saturated carbocycles. The van der Waals surface area contributed by atoms with Gasteiger partial charge >= 0.3 is 6.18 Å². The maximum absolute atomic E-state index is 12.8. The molecule has 1 aromatic rings. The Morgan fingerprint density at radius 2 is 1.88 bits per heavy atom. The molecule has 0 aliphatic carbocycles. The van der Waals surface area contributed by atoms with E-state index in [9.17, 15) is 22.8 Å². The lowest BCUT2D eigenvalue weighted by atomic mass is 10.0. The van der Waals surface area contributed by atoms with Gasteiger partial charge in [0.25, 0.3) is 0 Å². The van der Waals surface area contributed by atoms with Crippen LogP contribution in [0.15, 0.2) is 24.3 Å². The molecule has 136 valence electrons. The maximum atomic E-state index is 12.8. The fourth-order valence-corrected chi connectivity index (χ4v) is 3.53. The molecule has 4 nitrogen and oxygen atoms in total. The van der Waals surface area contributed by atoms with Gasteiger partial charge in [0.2, 0.25) is 11.8 Å². The van der Waals surface area contributed by atoms with E-state index in [4.69, 9.17) is 0 Å². The third-order valence-corrected chi connectivity index (χ3v) is 4.86. The monoisotopic (exact) mass is 354 g/mol. The lowest BCUT2D eigenvalue weighted by molar-refractivity contribution is -0.137. The summed E-state index contributed by atoms with van der Waals surface area (Å²) in [6.45, 7) is 1.85. The first-order valence-electron chi connectivity index (χ1n) is 8.57. The number of piperidine rings is 1. The molecule has 1 atom stereocenters. The van der Waals surface area contributed by atoms with E-state index in [-0.39, 0.29) is 37.2 Å². The van der Waals surface area contributed by atoms with Gasteiger partial charge in [-0.1, -0.05) is 12.1 Å². The fourth-order valence-electron chi connectivity index (χ4n) is 3.53. The molecule has 2 aliphatic rings. The molecule has 0 aromatic heterocycles. The second kappa shape index (κ2) is 7.06. The van der Waals surface area contributed by atoms with E-state index in [1.165, 1.54) is 11.0 Å². The van der Waals surface area contributed by atoms with Crippen LogP contribution in [0.25, 0.3) is 0 Å². The van der Waals surface area contributed by atoms with Crippen molar-refractivity contribution in [1.82, 2.24) is 9.80 Å². The van der Waals surface area contributed by atoms with E-state index in [0.717, 1.165) is 44.5 Å². The molecule has 0 spiro atoms. The molecular formula is C18H21F3N2O2. The van der Waals surface area contributed by atoms with Crippen molar-refractivity contribution in [2.45, 2.75) is 38.4 Å². The van der Waals surface area contributed by atoms with Gasteiger partial charge in [-0.15, -0.1) is 0 Å². The highest BCUT2D eigenvalue weighted by atomic mass is 19.4. The number of hydrogen-bond donors (Lipinski definition) is 0. The average Bonchev–Trinajstić information content (AvgIpc) is 2.95. The second-order valence-electron chi connectivity index (χ2n) is 6.76. The molecule has 25 heavy (non-hydrogen) atoms. The quantitative estimate of drug-likeness (QED) is 0.837. The number of nitrogens with zero attached hydrogens (tertiary/aromatic N) is 2. The molecule has 0 unspecified atom stereocenters. The summed E-state index contributed by atoms with van der Waals surface area (Å²) in [7, 11) is 0. The third-order valence-electron chi connectivity index (χ3n) is 4.86. The molecular weight excluding hydrogens is 333 g/mol. The van der Waals surface area contributed by atoms with Gasteiger partial charge in [-0.25, -0.2) is 0 Å². The number of amides is 2. The van der Waals surface area contributed by atoms with Crippen molar-refractivity contribution < 1.29 is 22.8 Å². The van der Waals surface area contributed by atoms with Crippen molar-refractivity contribution in [3.05, 3.63) is 35.4 Å². The first-order valence-corrected chi connectivity index (χ1v) is 8.57. The number of alkyl halides is 3. The molecule has 2 aliphatic heterocycles. The summed E-state index contributed by atoms with van der Waals surface area (Å²) in [6, 6.07) is 4.99. The topological polar surface area (TPSA) is 40.6 Å². The SMILES string of the molecule is O=C1C[C@@H](C(=O)N2CCCCC2)CN1Cc1cccc(C(F)(F)F)c1. The molecule has 2 amide bonds. The second-order valence-corrected chi connectivity index (χ2v) is 6.76. The van der Waals surface area contributed by atoms with Gasteiger partial charge in [0, 0.05) is 32.6 Å². The minimum absolute atomic E-state index is 0.000378. The van der Waals surface area contributed by atoms with Crippen LogP contribution in [0.1, 0.15) is 36.8 Å². The van der Waals surface area contributed by atoms with Crippen molar-refractivity contribution in [3.63, 3.8) is 0 Å². The standard InChI is InChI=1S/C18H21F3N2O2/c19-18(20,21)15-6-4-5-13(9-15)11-23-12-14(10-16(23)24)17(25)22-7-2-1-3-8-22/h4-6,9,14H,1-3,7-8,10-12H2/t14-/m1/s1. The van der Waals surface area contributed by atoms with Crippen LogP contribution in [0.5, 0.6) is 0 Å². The van der Waals surface area contributed by atoms with E-state index in [0.29, 0.717) is 5.56 Å². The Morgan fingerprint density at radius 3 is 2.56 bits per heavy atom. The number of carbonyl (C=O) groups excluding carboxylic acids is 2. The molecule has 2 heterocycles. The Hall–Kier alpha value is -2.05. The number of likely N-dealkylation sites (tertiary alicyclic amines) is 2. The molecule has 3 rings (SSSR count). The Kier molecular flexibility index (Phi) is 5.01. The Morgan fingerprint density at radius 1 is 1.16 bits per heavy atom. The fraction of sp³-hybridized carbons (Fsp3) is 0.556. The van der Waals surface area contributed by atoms with Gasteiger partial charge in [-0.05, 0) is 37.0 Å². The summed E-state index contributed by atoms with van der Waals surface area (Å²) in [5, 5.41) is 0. The van der Waals surface area contributed by atoms with Crippen LogP contribution in [-0.4, -0.2) is 41.2 Å². The summed E-state index contributed by atoms with van der Waals surface area (Å²) >= 11 is 0. The number of hydrogen-bond acceptors (Lipinski definition) is 2. The van der Waals surface area contributed by atoms with Crippen LogP contribution < -0.4 is 0 Å². The molecule has 1 aromatic carbocycles. The molecule has 0 N–H and O–H groups in total. The minimum atomic E-state index is -4.40. The Bertz CT molecular complexity index is 654. The van der Waals surface area contributed by atoms with Gasteiger partial charge in [-0.2, -0.15) is 13.2 Å². The summed E-state index contributed by atoms with van der Waals surface area (Å²) in [4.78, 5) is 28.0. The predicted octanol–water partition coefficient (Wildman–Crippen LogP) is 3.07. The van der Waals surface area contributed by atoms with Crippen LogP contribution in [0.3, 0.4) is 0 Å². The van der Waals surface area contributed by atoms with Crippen LogP contribution in [0, 0.1) is 5.92 Å². The zero-order valence-corrected chi connectivity index (χ0v) is 13.9. The van der Waals surface area contributed by atoms with Crippen molar-refractivity contribution in [2.75, 3.05) is 19.6 Å². The van der Waals surface area contributed by atoms with Gasteiger partial charge in [-0.3, -0.25) is 9.59 Å². The van der Waals surface area contributed by atoms with Gasteiger partial charge in [0.15, 0.2) is 0 Å². The van der Waals surface area contributed by atoms with E-state index in [2.05, 4.69) is 0 Å². The van der Waals surface area contributed by atoms with Crippen LogP contribution in [-0.2, 0) is 22.3 Å². The molecule has 0 bridgehead atoms. The van der Waals surface area contributed by atoms with E-state index >= 15 is 0 Å². The summed E-state index contributed by atoms with van der Waals surface area (Å²) in [5.41, 5.74) is -0.299. The van der Waals surface area contributed by atoms with Crippen molar-refractivity contribution in [3.8, 4) is 0 Å². The largest absolute Gasteiger partial charge is 0.416 e. The number of halogens is 3. The summed E-state index contributed by atoms with van der Waals surface area (Å²) < 4.78 is 38.4. The summed E-state index contributed by atoms with van der Waals surface area (Å²) in [5.74, 6) is -0.552. The van der Waals surface area contributed by atoms with E-state index in [1.807, 2.05) is 4.90 Å².